The van der Waals surface area contributed by atoms with Crippen molar-refractivity contribution < 1.29 is 9.18 Å². The Morgan fingerprint density at radius 2 is 1.90 bits per heavy atom. The van der Waals surface area contributed by atoms with Gasteiger partial charge in [0.05, 0.1) is 0 Å². The third-order valence-electron chi connectivity index (χ3n) is 3.40. The molecular formula is C15H12BrFN2O. The molecule has 1 aliphatic heterocycles. The standard InChI is InChI=1S/C15H12BrFN2O/c16-14-6-12(18)5-10-7-19(8-13(10)14)15(20)9-1-3-11(17)4-2-9/h1-6H,7-8,18H2. The highest BCUT2D eigenvalue weighted by atomic mass is 79.9. The topological polar surface area (TPSA) is 46.3 Å². The van der Waals surface area contributed by atoms with Crippen LogP contribution in [0.1, 0.15) is 21.5 Å². The predicted octanol–water partition coefficient (Wildman–Crippen LogP) is 3.33. The van der Waals surface area contributed by atoms with Gasteiger partial charge in [0, 0.05) is 28.8 Å². The molecule has 0 aliphatic carbocycles. The minimum Gasteiger partial charge on any atom is -0.399 e. The van der Waals surface area contributed by atoms with Gasteiger partial charge in [-0.2, -0.15) is 0 Å². The molecule has 1 heterocycles. The van der Waals surface area contributed by atoms with Gasteiger partial charge >= 0.3 is 0 Å². The van der Waals surface area contributed by atoms with Crippen LogP contribution in [-0.2, 0) is 13.1 Å². The van der Waals surface area contributed by atoms with E-state index in [-0.39, 0.29) is 11.7 Å². The van der Waals surface area contributed by atoms with Crippen LogP contribution < -0.4 is 5.73 Å². The van der Waals surface area contributed by atoms with Gasteiger partial charge in [0.2, 0.25) is 0 Å². The Morgan fingerprint density at radius 1 is 1.20 bits per heavy atom. The van der Waals surface area contributed by atoms with Crippen LogP contribution in [0.2, 0.25) is 0 Å². The van der Waals surface area contributed by atoms with Gasteiger partial charge in [-0.25, -0.2) is 4.39 Å². The number of nitrogens with two attached hydrogens (primary N) is 1. The summed E-state index contributed by atoms with van der Waals surface area (Å²) in [5, 5.41) is 0. The Kier molecular flexibility index (Phi) is 3.22. The molecule has 102 valence electrons. The van der Waals surface area contributed by atoms with Crippen molar-refractivity contribution in [2.75, 3.05) is 5.73 Å². The number of hydrogen-bond donors (Lipinski definition) is 1. The number of carbonyl (C=O) groups is 1. The second-order valence-electron chi connectivity index (χ2n) is 4.81. The number of anilines is 1. The molecule has 0 spiro atoms. The molecule has 0 bridgehead atoms. The fraction of sp³-hybridized carbons (Fsp3) is 0.133. The van der Waals surface area contributed by atoms with Crippen LogP contribution in [0.5, 0.6) is 0 Å². The Morgan fingerprint density at radius 3 is 2.60 bits per heavy atom. The number of rotatable bonds is 1. The molecule has 3 nitrogen and oxygen atoms in total. The minimum atomic E-state index is -0.346. The Balaban J connectivity index is 1.86. The number of benzene rings is 2. The van der Waals surface area contributed by atoms with Crippen molar-refractivity contribution in [3.05, 3.63) is 63.4 Å². The smallest absolute Gasteiger partial charge is 0.254 e. The molecule has 0 atom stereocenters. The van der Waals surface area contributed by atoms with Crippen molar-refractivity contribution in [2.45, 2.75) is 13.1 Å². The maximum atomic E-state index is 12.9. The zero-order valence-corrected chi connectivity index (χ0v) is 12.2. The number of hydrogen-bond acceptors (Lipinski definition) is 2. The predicted molar refractivity (Wildman–Crippen MR) is 78.5 cm³/mol. The minimum absolute atomic E-state index is 0.105. The summed E-state index contributed by atoms with van der Waals surface area (Å²) in [6.45, 7) is 1.06. The van der Waals surface area contributed by atoms with E-state index in [1.807, 2.05) is 12.1 Å². The summed E-state index contributed by atoms with van der Waals surface area (Å²) in [5.74, 6) is -0.451. The number of nitrogens with zero attached hydrogens (tertiary/aromatic N) is 1. The summed E-state index contributed by atoms with van der Waals surface area (Å²) in [4.78, 5) is 14.1. The average molecular weight is 335 g/mol. The summed E-state index contributed by atoms with van der Waals surface area (Å²) >= 11 is 3.47. The lowest BCUT2D eigenvalue weighted by Gasteiger charge is -2.15. The van der Waals surface area contributed by atoms with Crippen LogP contribution in [0.15, 0.2) is 40.9 Å². The second kappa shape index (κ2) is 4.90. The van der Waals surface area contributed by atoms with E-state index >= 15 is 0 Å². The van der Waals surface area contributed by atoms with Gasteiger partial charge < -0.3 is 10.6 Å². The highest BCUT2D eigenvalue weighted by Crippen LogP contribution is 2.32. The first-order valence-electron chi connectivity index (χ1n) is 6.16. The molecule has 2 aromatic rings. The van der Waals surface area contributed by atoms with E-state index in [1.165, 1.54) is 24.3 Å². The van der Waals surface area contributed by atoms with E-state index in [2.05, 4.69) is 15.9 Å². The maximum Gasteiger partial charge on any atom is 0.254 e. The van der Waals surface area contributed by atoms with E-state index in [9.17, 15) is 9.18 Å². The van der Waals surface area contributed by atoms with Gasteiger partial charge in [0.15, 0.2) is 0 Å². The summed E-state index contributed by atoms with van der Waals surface area (Å²) in [5.41, 5.74) is 9.09. The SMILES string of the molecule is Nc1cc(Br)c2c(c1)CN(C(=O)c1ccc(F)cc1)C2. The highest BCUT2D eigenvalue weighted by Gasteiger charge is 2.26. The first-order chi connectivity index (χ1) is 9.54. The van der Waals surface area contributed by atoms with Crippen molar-refractivity contribution >= 4 is 27.5 Å². The summed E-state index contributed by atoms with van der Waals surface area (Å²) in [6, 6.07) is 9.32. The monoisotopic (exact) mass is 334 g/mol. The van der Waals surface area contributed by atoms with Gasteiger partial charge in [-0.1, -0.05) is 15.9 Å². The van der Waals surface area contributed by atoms with E-state index in [0.717, 1.165) is 15.6 Å². The van der Waals surface area contributed by atoms with E-state index in [1.54, 1.807) is 4.90 Å². The molecule has 2 N–H and O–H groups in total. The van der Waals surface area contributed by atoms with Crippen LogP contribution in [0, 0.1) is 5.82 Å². The highest BCUT2D eigenvalue weighted by molar-refractivity contribution is 9.10. The normalized spacial score (nSPS) is 13.4. The number of nitrogen functional groups attached to an aromatic ring is 1. The molecule has 1 aliphatic rings. The fourth-order valence-electron chi connectivity index (χ4n) is 2.41. The van der Waals surface area contributed by atoms with Crippen molar-refractivity contribution in [1.29, 1.82) is 0 Å². The van der Waals surface area contributed by atoms with Crippen molar-refractivity contribution in [2.24, 2.45) is 0 Å². The molecule has 0 saturated heterocycles. The number of carbonyl (C=O) groups excluding carboxylic acids is 1. The van der Waals surface area contributed by atoms with Gasteiger partial charge in [0.1, 0.15) is 5.82 Å². The van der Waals surface area contributed by atoms with Crippen LogP contribution in [0.3, 0.4) is 0 Å². The quantitative estimate of drug-likeness (QED) is 0.813. The lowest BCUT2D eigenvalue weighted by atomic mass is 10.1. The summed E-state index contributed by atoms with van der Waals surface area (Å²) in [6.07, 6.45) is 0. The number of halogens is 2. The fourth-order valence-corrected chi connectivity index (χ4v) is 3.05. The average Bonchev–Trinajstić information content (AvgIpc) is 2.83. The van der Waals surface area contributed by atoms with Crippen molar-refractivity contribution in [1.82, 2.24) is 4.90 Å². The van der Waals surface area contributed by atoms with Gasteiger partial charge in [0.25, 0.3) is 5.91 Å². The third-order valence-corrected chi connectivity index (χ3v) is 4.11. The molecule has 0 saturated carbocycles. The Bertz CT molecular complexity index is 685. The third kappa shape index (κ3) is 2.29. The number of amides is 1. The second-order valence-corrected chi connectivity index (χ2v) is 5.66. The van der Waals surface area contributed by atoms with E-state index in [4.69, 9.17) is 5.73 Å². The molecule has 2 aromatic carbocycles. The molecule has 3 rings (SSSR count). The zero-order valence-electron chi connectivity index (χ0n) is 10.6. The molecule has 5 heteroatoms. The van der Waals surface area contributed by atoms with Crippen molar-refractivity contribution in [3.63, 3.8) is 0 Å². The van der Waals surface area contributed by atoms with Crippen LogP contribution in [-0.4, -0.2) is 10.8 Å². The lowest BCUT2D eigenvalue weighted by Crippen LogP contribution is -2.25. The van der Waals surface area contributed by atoms with Crippen LogP contribution in [0.25, 0.3) is 0 Å². The van der Waals surface area contributed by atoms with E-state index < -0.39 is 0 Å². The summed E-state index contributed by atoms with van der Waals surface area (Å²) in [7, 11) is 0. The molecule has 0 fully saturated rings. The molecular weight excluding hydrogens is 323 g/mol. The van der Waals surface area contributed by atoms with Crippen LogP contribution >= 0.6 is 15.9 Å². The number of fused-ring (bicyclic) bond motifs is 1. The Hall–Kier alpha value is -1.88. The zero-order chi connectivity index (χ0) is 14.3. The summed E-state index contributed by atoms with van der Waals surface area (Å²) < 4.78 is 13.8. The molecule has 20 heavy (non-hydrogen) atoms. The largest absolute Gasteiger partial charge is 0.399 e. The lowest BCUT2D eigenvalue weighted by molar-refractivity contribution is 0.0751. The maximum absolute atomic E-state index is 12.9. The Labute approximate surface area is 124 Å². The van der Waals surface area contributed by atoms with Gasteiger partial charge in [-0.15, -0.1) is 0 Å². The first kappa shape index (κ1) is 13.1. The molecule has 0 unspecified atom stereocenters. The van der Waals surface area contributed by atoms with Gasteiger partial charge in [-0.3, -0.25) is 4.79 Å². The molecule has 0 aromatic heterocycles. The molecule has 0 radical (unpaired) electrons. The van der Waals surface area contributed by atoms with Gasteiger partial charge in [-0.05, 0) is 47.5 Å². The van der Waals surface area contributed by atoms with Crippen LogP contribution in [0.4, 0.5) is 10.1 Å². The van der Waals surface area contributed by atoms with Crippen molar-refractivity contribution in [3.8, 4) is 0 Å². The first-order valence-corrected chi connectivity index (χ1v) is 6.95. The molecule has 1 amide bonds. The van der Waals surface area contributed by atoms with E-state index in [0.29, 0.717) is 24.3 Å².